The van der Waals surface area contributed by atoms with Crippen molar-refractivity contribution >= 4 is 11.7 Å². The second kappa shape index (κ2) is 3.52. The van der Waals surface area contributed by atoms with Crippen LogP contribution in [-0.2, 0) is 7.05 Å². The molecule has 78 valence electrons. The summed E-state index contributed by atoms with van der Waals surface area (Å²) in [5, 5.41) is 12.9. The minimum atomic E-state index is -0.358. The Bertz CT molecular complexity index is 485. The van der Waals surface area contributed by atoms with E-state index >= 15 is 0 Å². The first-order valence-electron chi connectivity index (χ1n) is 4.35. The van der Waals surface area contributed by atoms with Crippen LogP contribution in [-0.4, -0.2) is 30.9 Å². The monoisotopic (exact) mass is 206 g/mol. The molecule has 0 aromatic carbocycles. The SMILES string of the molecule is Cc1nc(C(=O)Nc2ccnn2C)n[nH]1. The predicted octanol–water partition coefficient (Wildman–Crippen LogP) is 0.0989. The molecule has 0 saturated heterocycles. The molecular weight excluding hydrogens is 196 g/mol. The van der Waals surface area contributed by atoms with Gasteiger partial charge in [-0.25, -0.2) is 4.98 Å². The molecule has 0 spiro atoms. The third kappa shape index (κ3) is 1.85. The first-order chi connectivity index (χ1) is 7.16. The second-order valence-corrected chi connectivity index (χ2v) is 3.04. The predicted molar refractivity (Wildman–Crippen MR) is 52.3 cm³/mol. The smallest absolute Gasteiger partial charge is 0.296 e. The van der Waals surface area contributed by atoms with E-state index in [9.17, 15) is 4.79 Å². The highest BCUT2D eigenvalue weighted by Crippen LogP contribution is 2.04. The van der Waals surface area contributed by atoms with Gasteiger partial charge in [-0.1, -0.05) is 0 Å². The molecule has 2 aromatic rings. The Kier molecular flexibility index (Phi) is 2.20. The van der Waals surface area contributed by atoms with Crippen LogP contribution in [0.2, 0.25) is 0 Å². The van der Waals surface area contributed by atoms with E-state index < -0.39 is 0 Å². The molecular formula is C8H10N6O. The molecule has 0 atom stereocenters. The Balaban J connectivity index is 2.14. The van der Waals surface area contributed by atoms with Gasteiger partial charge in [-0.05, 0) is 6.92 Å². The van der Waals surface area contributed by atoms with Gasteiger partial charge in [-0.3, -0.25) is 14.6 Å². The van der Waals surface area contributed by atoms with Gasteiger partial charge < -0.3 is 5.32 Å². The van der Waals surface area contributed by atoms with Crippen LogP contribution in [0.15, 0.2) is 12.3 Å². The van der Waals surface area contributed by atoms with Crippen molar-refractivity contribution in [2.24, 2.45) is 7.05 Å². The molecule has 0 aliphatic heterocycles. The zero-order valence-electron chi connectivity index (χ0n) is 8.35. The normalized spacial score (nSPS) is 10.3. The van der Waals surface area contributed by atoms with E-state index in [2.05, 4.69) is 25.6 Å². The number of H-pyrrole nitrogens is 1. The molecule has 0 fully saturated rings. The Labute approximate surface area is 85.5 Å². The van der Waals surface area contributed by atoms with Crippen LogP contribution in [0.3, 0.4) is 0 Å². The van der Waals surface area contributed by atoms with Crippen LogP contribution in [0.1, 0.15) is 16.4 Å². The molecule has 0 unspecified atom stereocenters. The largest absolute Gasteiger partial charge is 0.304 e. The van der Waals surface area contributed by atoms with Gasteiger partial charge in [0.05, 0.1) is 6.20 Å². The summed E-state index contributed by atoms with van der Waals surface area (Å²) in [5.41, 5.74) is 0. The van der Waals surface area contributed by atoms with Gasteiger partial charge in [0.15, 0.2) is 0 Å². The van der Waals surface area contributed by atoms with Crippen molar-refractivity contribution in [2.75, 3.05) is 5.32 Å². The average molecular weight is 206 g/mol. The first-order valence-corrected chi connectivity index (χ1v) is 4.35. The second-order valence-electron chi connectivity index (χ2n) is 3.04. The average Bonchev–Trinajstić information content (AvgIpc) is 2.77. The minimum absolute atomic E-state index is 0.119. The van der Waals surface area contributed by atoms with E-state index in [-0.39, 0.29) is 11.7 Å². The summed E-state index contributed by atoms with van der Waals surface area (Å²) in [6.45, 7) is 1.73. The molecule has 0 aliphatic carbocycles. The van der Waals surface area contributed by atoms with E-state index in [1.807, 2.05) is 0 Å². The third-order valence-electron chi connectivity index (χ3n) is 1.86. The van der Waals surface area contributed by atoms with Gasteiger partial charge in [0.25, 0.3) is 5.91 Å². The molecule has 2 aromatic heterocycles. The molecule has 7 heteroatoms. The number of hydrogen-bond acceptors (Lipinski definition) is 4. The summed E-state index contributed by atoms with van der Waals surface area (Å²) >= 11 is 0. The van der Waals surface area contributed by atoms with Crippen molar-refractivity contribution in [3.63, 3.8) is 0 Å². The maximum Gasteiger partial charge on any atom is 0.296 e. The van der Waals surface area contributed by atoms with Crippen molar-refractivity contribution in [1.82, 2.24) is 25.0 Å². The van der Waals surface area contributed by atoms with Crippen LogP contribution in [0.4, 0.5) is 5.82 Å². The fourth-order valence-corrected chi connectivity index (χ4v) is 1.11. The number of carbonyl (C=O) groups is 1. The van der Waals surface area contributed by atoms with Gasteiger partial charge in [0.2, 0.25) is 5.82 Å². The highest BCUT2D eigenvalue weighted by Gasteiger charge is 2.12. The van der Waals surface area contributed by atoms with Crippen LogP contribution in [0.5, 0.6) is 0 Å². The van der Waals surface area contributed by atoms with Crippen molar-refractivity contribution < 1.29 is 4.79 Å². The third-order valence-corrected chi connectivity index (χ3v) is 1.86. The van der Waals surface area contributed by atoms with Gasteiger partial charge in [0.1, 0.15) is 11.6 Å². The van der Waals surface area contributed by atoms with Crippen LogP contribution in [0, 0.1) is 6.92 Å². The van der Waals surface area contributed by atoms with E-state index in [1.54, 1.807) is 30.9 Å². The fraction of sp³-hybridized carbons (Fsp3) is 0.250. The molecule has 7 nitrogen and oxygen atoms in total. The molecule has 0 bridgehead atoms. The standard InChI is InChI=1S/C8H10N6O/c1-5-10-7(13-12-5)8(15)11-6-3-4-9-14(6)2/h3-4H,1-2H3,(H,11,15)(H,10,12,13). The number of amides is 1. The maximum absolute atomic E-state index is 11.6. The van der Waals surface area contributed by atoms with Gasteiger partial charge in [-0.2, -0.15) is 5.10 Å². The lowest BCUT2D eigenvalue weighted by molar-refractivity contribution is 0.101. The van der Waals surface area contributed by atoms with Crippen molar-refractivity contribution in [3.05, 3.63) is 23.9 Å². The van der Waals surface area contributed by atoms with Crippen LogP contribution in [0.25, 0.3) is 0 Å². The highest BCUT2D eigenvalue weighted by atomic mass is 16.2. The molecule has 2 rings (SSSR count). The molecule has 0 aliphatic rings. The quantitative estimate of drug-likeness (QED) is 0.729. The number of carbonyl (C=O) groups excluding carboxylic acids is 1. The summed E-state index contributed by atoms with van der Waals surface area (Å²) in [6.07, 6.45) is 1.60. The summed E-state index contributed by atoms with van der Waals surface area (Å²) in [7, 11) is 1.73. The van der Waals surface area contributed by atoms with Crippen LogP contribution >= 0.6 is 0 Å². The number of nitrogens with one attached hydrogen (secondary N) is 2. The minimum Gasteiger partial charge on any atom is -0.304 e. The highest BCUT2D eigenvalue weighted by molar-refractivity contribution is 6.00. The topological polar surface area (TPSA) is 88.5 Å². The van der Waals surface area contributed by atoms with E-state index in [1.165, 1.54) is 0 Å². The zero-order chi connectivity index (χ0) is 10.8. The molecule has 2 heterocycles. The van der Waals surface area contributed by atoms with Gasteiger partial charge in [-0.15, -0.1) is 5.10 Å². The molecule has 1 amide bonds. The number of rotatable bonds is 2. The number of aromatic nitrogens is 5. The molecule has 0 radical (unpaired) electrons. The maximum atomic E-state index is 11.6. The van der Waals surface area contributed by atoms with Crippen molar-refractivity contribution in [2.45, 2.75) is 6.92 Å². The van der Waals surface area contributed by atoms with Crippen LogP contribution < -0.4 is 5.32 Å². The van der Waals surface area contributed by atoms with E-state index in [0.717, 1.165) is 0 Å². The lowest BCUT2D eigenvalue weighted by Gasteiger charge is -2.01. The Morgan fingerprint density at radius 3 is 2.93 bits per heavy atom. The zero-order valence-corrected chi connectivity index (χ0v) is 8.35. The molecule has 15 heavy (non-hydrogen) atoms. The number of anilines is 1. The Hall–Kier alpha value is -2.18. The Morgan fingerprint density at radius 1 is 1.60 bits per heavy atom. The van der Waals surface area contributed by atoms with E-state index in [0.29, 0.717) is 11.6 Å². The number of aromatic amines is 1. The molecule has 0 saturated carbocycles. The number of nitrogens with zero attached hydrogens (tertiary/aromatic N) is 4. The summed E-state index contributed by atoms with van der Waals surface area (Å²) in [6, 6.07) is 1.69. The summed E-state index contributed by atoms with van der Waals surface area (Å²) in [4.78, 5) is 15.5. The lowest BCUT2D eigenvalue weighted by atomic mass is 10.5. The van der Waals surface area contributed by atoms with E-state index in [4.69, 9.17) is 0 Å². The van der Waals surface area contributed by atoms with Crippen molar-refractivity contribution in [1.29, 1.82) is 0 Å². The summed E-state index contributed by atoms with van der Waals surface area (Å²) < 4.78 is 1.55. The molecule has 2 N–H and O–H groups in total. The van der Waals surface area contributed by atoms with Crippen molar-refractivity contribution in [3.8, 4) is 0 Å². The number of aryl methyl sites for hydroxylation is 2. The van der Waals surface area contributed by atoms with Gasteiger partial charge in [0, 0.05) is 13.1 Å². The number of hydrogen-bond donors (Lipinski definition) is 2. The van der Waals surface area contributed by atoms with Gasteiger partial charge >= 0.3 is 0 Å². The lowest BCUT2D eigenvalue weighted by Crippen LogP contribution is -2.16. The fourth-order valence-electron chi connectivity index (χ4n) is 1.11. The summed E-state index contributed by atoms with van der Waals surface area (Å²) in [5.74, 6) is 0.962. The Morgan fingerprint density at radius 2 is 2.40 bits per heavy atom. The first kappa shape index (κ1) is 9.38.